The van der Waals surface area contributed by atoms with Gasteiger partial charge in [-0.15, -0.1) is 0 Å². The van der Waals surface area contributed by atoms with Crippen molar-refractivity contribution >= 4 is 73.9 Å². The van der Waals surface area contributed by atoms with E-state index in [4.69, 9.17) is 11.6 Å². The smallest absolute Gasteiger partial charge is 0.301 e. The molecule has 15 heteroatoms. The second kappa shape index (κ2) is 13.2. The number of Topliss-reactive ketones (excluding diaryl/α,β-unsaturated/α-hetero) is 1. The van der Waals surface area contributed by atoms with Crippen molar-refractivity contribution in [3.05, 3.63) is 108 Å². The molecule has 0 saturated heterocycles. The predicted molar refractivity (Wildman–Crippen MR) is 166 cm³/mol. The summed E-state index contributed by atoms with van der Waals surface area (Å²) in [5.74, 6) is -1.20. The average Bonchev–Trinajstić information content (AvgIpc) is 3.33. The maximum absolute atomic E-state index is 13.4. The van der Waals surface area contributed by atoms with Crippen molar-refractivity contribution in [2.24, 2.45) is 5.10 Å². The average molecular weight is 622 g/mol. The van der Waals surface area contributed by atoms with E-state index in [1.807, 2.05) is 13.0 Å². The first kappa shape index (κ1) is 30.7. The summed E-state index contributed by atoms with van der Waals surface area (Å²) in [6.45, 7) is 5.35. The number of rotatable bonds is 11. The number of nitrogens with zero attached hydrogens (tertiary/aromatic N) is 4. The second-order valence-corrected chi connectivity index (χ2v) is 10.7. The van der Waals surface area contributed by atoms with Crippen LogP contribution in [0, 0.1) is 41.0 Å². The number of non-ortho nitro benzene ring substituents is 1. The maximum Gasteiger partial charge on any atom is 0.301 e. The molecular formula is C28H24ClN7O6S. The van der Waals surface area contributed by atoms with Crippen LogP contribution < -0.4 is 16.1 Å². The zero-order chi connectivity index (χ0) is 31.3. The molecular weight excluding hydrogens is 598 g/mol. The SMILES string of the molecule is Cc1ccc(NC(=O)C(CC(=O)c2sc(Nc3ccccc3Cl)nc2C)=NNc2ccc([N+](=O)[O-])cc2[N+](=O)[O-])c(C)c1. The van der Waals surface area contributed by atoms with E-state index in [9.17, 15) is 29.8 Å². The van der Waals surface area contributed by atoms with Crippen molar-refractivity contribution < 1.29 is 19.4 Å². The number of para-hydroxylation sites is 1. The molecule has 3 N–H and O–H groups in total. The van der Waals surface area contributed by atoms with Gasteiger partial charge in [0.15, 0.2) is 10.9 Å². The van der Waals surface area contributed by atoms with E-state index in [0.717, 1.165) is 40.7 Å². The third kappa shape index (κ3) is 7.55. The number of nitro benzene ring substituents is 2. The molecule has 0 spiro atoms. The molecule has 1 aromatic heterocycles. The minimum Gasteiger partial charge on any atom is -0.330 e. The molecule has 0 atom stereocenters. The Hall–Kier alpha value is -5.21. The Morgan fingerprint density at radius 3 is 2.35 bits per heavy atom. The molecule has 0 saturated carbocycles. The molecule has 4 aromatic rings. The first-order valence-electron chi connectivity index (χ1n) is 12.6. The number of carbonyl (C=O) groups is 2. The largest absolute Gasteiger partial charge is 0.330 e. The minimum atomic E-state index is -0.820. The molecule has 4 rings (SSSR count). The number of aryl methyl sites for hydroxylation is 3. The fourth-order valence-corrected chi connectivity index (χ4v) is 5.04. The van der Waals surface area contributed by atoms with Gasteiger partial charge in [0, 0.05) is 11.8 Å². The summed E-state index contributed by atoms with van der Waals surface area (Å²) in [5, 5.41) is 33.4. The van der Waals surface area contributed by atoms with Crippen molar-refractivity contribution in [3.8, 4) is 0 Å². The molecule has 0 aliphatic carbocycles. The third-order valence-corrected chi connectivity index (χ3v) is 7.53. The second-order valence-electron chi connectivity index (χ2n) is 9.30. The Balaban J connectivity index is 1.64. The first-order valence-corrected chi connectivity index (χ1v) is 13.8. The van der Waals surface area contributed by atoms with Crippen LogP contribution >= 0.6 is 22.9 Å². The normalized spacial score (nSPS) is 11.1. The summed E-state index contributed by atoms with van der Waals surface area (Å²) in [7, 11) is 0. The number of hydrazone groups is 1. The van der Waals surface area contributed by atoms with Crippen LogP contribution in [-0.2, 0) is 4.79 Å². The van der Waals surface area contributed by atoms with Gasteiger partial charge in [0.1, 0.15) is 11.4 Å². The molecule has 3 aromatic carbocycles. The lowest BCUT2D eigenvalue weighted by Crippen LogP contribution is -2.27. The lowest BCUT2D eigenvalue weighted by Gasteiger charge is -2.11. The van der Waals surface area contributed by atoms with Gasteiger partial charge in [-0.05, 0) is 50.6 Å². The van der Waals surface area contributed by atoms with Gasteiger partial charge in [-0.2, -0.15) is 5.10 Å². The molecule has 0 aliphatic rings. The highest BCUT2D eigenvalue weighted by atomic mass is 35.5. The van der Waals surface area contributed by atoms with Crippen LogP contribution in [0.25, 0.3) is 0 Å². The van der Waals surface area contributed by atoms with Gasteiger partial charge in [-0.25, -0.2) is 4.98 Å². The molecule has 0 unspecified atom stereocenters. The van der Waals surface area contributed by atoms with Crippen LogP contribution in [0.15, 0.2) is 65.8 Å². The highest BCUT2D eigenvalue weighted by molar-refractivity contribution is 7.17. The van der Waals surface area contributed by atoms with E-state index < -0.39 is 39.3 Å². The van der Waals surface area contributed by atoms with E-state index in [0.29, 0.717) is 27.2 Å². The van der Waals surface area contributed by atoms with Gasteiger partial charge in [-0.1, -0.05) is 52.8 Å². The lowest BCUT2D eigenvalue weighted by atomic mass is 10.1. The summed E-state index contributed by atoms with van der Waals surface area (Å²) in [6.07, 6.45) is -0.487. The molecule has 0 radical (unpaired) electrons. The fraction of sp³-hybridized carbons (Fsp3) is 0.143. The standard InChI is InChI=1S/C28H24ClN7O6S/c1-15-8-10-20(16(2)12-15)31-27(38)23(34-33-22-11-9-18(35(39)40)13-24(22)36(41)42)14-25(37)26-17(3)30-28(43-26)32-21-7-5-4-6-19(21)29/h4-13,33H,14H2,1-3H3,(H,30,32)(H,31,38). The monoisotopic (exact) mass is 621 g/mol. The van der Waals surface area contributed by atoms with Gasteiger partial charge < -0.3 is 10.6 Å². The topological polar surface area (TPSA) is 182 Å². The van der Waals surface area contributed by atoms with Crippen LogP contribution in [0.3, 0.4) is 0 Å². The van der Waals surface area contributed by atoms with E-state index in [1.165, 1.54) is 0 Å². The number of carbonyl (C=O) groups excluding carboxylic acids is 2. The summed E-state index contributed by atoms with van der Waals surface area (Å²) < 4.78 is 0. The Labute approximate surface area is 253 Å². The van der Waals surface area contributed by atoms with Gasteiger partial charge in [0.25, 0.3) is 11.6 Å². The number of nitro groups is 2. The van der Waals surface area contributed by atoms with Crippen molar-refractivity contribution in [3.63, 3.8) is 0 Å². The van der Waals surface area contributed by atoms with Crippen LogP contribution in [-0.4, -0.2) is 32.2 Å². The van der Waals surface area contributed by atoms with Crippen molar-refractivity contribution in [1.29, 1.82) is 0 Å². The summed E-state index contributed by atoms with van der Waals surface area (Å²) in [5.41, 5.74) is 4.06. The van der Waals surface area contributed by atoms with E-state index >= 15 is 0 Å². The molecule has 0 fully saturated rings. The number of aromatic nitrogens is 1. The Morgan fingerprint density at radius 1 is 0.953 bits per heavy atom. The van der Waals surface area contributed by atoms with E-state index in [2.05, 4.69) is 26.1 Å². The first-order chi connectivity index (χ1) is 20.4. The number of ketones is 1. The maximum atomic E-state index is 13.4. The molecule has 1 amide bonds. The lowest BCUT2D eigenvalue weighted by molar-refractivity contribution is -0.393. The molecule has 13 nitrogen and oxygen atoms in total. The minimum absolute atomic E-state index is 0.208. The number of anilines is 4. The van der Waals surface area contributed by atoms with Gasteiger partial charge in [0.2, 0.25) is 0 Å². The number of benzene rings is 3. The number of halogens is 1. The Bertz CT molecular complexity index is 1790. The number of nitrogens with one attached hydrogen (secondary N) is 3. The van der Waals surface area contributed by atoms with E-state index in [1.54, 1.807) is 50.2 Å². The zero-order valence-corrected chi connectivity index (χ0v) is 24.6. The van der Waals surface area contributed by atoms with Crippen LogP contribution in [0.1, 0.15) is 32.9 Å². The predicted octanol–water partition coefficient (Wildman–Crippen LogP) is 6.96. The van der Waals surface area contributed by atoms with Gasteiger partial charge in [0.05, 0.1) is 43.6 Å². The van der Waals surface area contributed by atoms with Crippen molar-refractivity contribution in [2.45, 2.75) is 27.2 Å². The highest BCUT2D eigenvalue weighted by Gasteiger charge is 2.24. The van der Waals surface area contributed by atoms with Crippen LogP contribution in [0.4, 0.5) is 33.6 Å². The molecule has 220 valence electrons. The van der Waals surface area contributed by atoms with E-state index in [-0.39, 0.29) is 16.3 Å². The number of thiazole rings is 1. The number of hydrogen-bond acceptors (Lipinski definition) is 11. The quantitative estimate of drug-likeness (QED) is 0.0689. The number of amides is 1. The summed E-state index contributed by atoms with van der Waals surface area (Å²) in [6, 6.07) is 15.3. The Kier molecular flexibility index (Phi) is 9.42. The summed E-state index contributed by atoms with van der Waals surface area (Å²) >= 11 is 7.29. The van der Waals surface area contributed by atoms with Crippen LogP contribution in [0.5, 0.6) is 0 Å². The molecule has 0 aliphatic heterocycles. The summed E-state index contributed by atoms with van der Waals surface area (Å²) in [4.78, 5) is 52.5. The Morgan fingerprint density at radius 2 is 1.67 bits per heavy atom. The highest BCUT2D eigenvalue weighted by Crippen LogP contribution is 2.31. The number of hydrogen-bond donors (Lipinski definition) is 3. The molecule has 0 bridgehead atoms. The van der Waals surface area contributed by atoms with Crippen molar-refractivity contribution in [2.75, 3.05) is 16.1 Å². The molecule has 43 heavy (non-hydrogen) atoms. The molecule has 1 heterocycles. The fourth-order valence-electron chi connectivity index (χ4n) is 3.94. The van der Waals surface area contributed by atoms with Gasteiger partial charge in [-0.3, -0.25) is 35.2 Å². The third-order valence-electron chi connectivity index (χ3n) is 6.09. The zero-order valence-electron chi connectivity index (χ0n) is 23.0. The van der Waals surface area contributed by atoms with Gasteiger partial charge >= 0.3 is 5.69 Å². The van der Waals surface area contributed by atoms with Crippen LogP contribution in [0.2, 0.25) is 5.02 Å². The van der Waals surface area contributed by atoms with Crippen molar-refractivity contribution in [1.82, 2.24) is 4.98 Å².